The zero-order valence-electron chi connectivity index (χ0n) is 11.2. The molecule has 0 fully saturated rings. The molecule has 0 amide bonds. The molecule has 0 aliphatic rings. The maximum absolute atomic E-state index is 12.5. The van der Waals surface area contributed by atoms with Crippen molar-refractivity contribution in [3.05, 3.63) is 35.4 Å². The van der Waals surface area contributed by atoms with E-state index in [9.17, 15) is 4.79 Å². The molecule has 0 unspecified atom stereocenters. The third-order valence-corrected chi connectivity index (χ3v) is 3.26. The molecule has 0 aliphatic heterocycles. The highest BCUT2D eigenvalue weighted by Gasteiger charge is 2.35. The van der Waals surface area contributed by atoms with Crippen LogP contribution in [0.1, 0.15) is 49.5 Å². The van der Waals surface area contributed by atoms with Gasteiger partial charge < -0.3 is 4.74 Å². The molecule has 0 aromatic heterocycles. The summed E-state index contributed by atoms with van der Waals surface area (Å²) in [4.78, 5) is 12.5. The van der Waals surface area contributed by atoms with Gasteiger partial charge in [-0.2, -0.15) is 0 Å². The maximum atomic E-state index is 12.5. The van der Waals surface area contributed by atoms with E-state index < -0.39 is 5.60 Å². The molecule has 1 aromatic rings. The molecular weight excluding hydrogens is 212 g/mol. The Balaban J connectivity index is 3.07. The summed E-state index contributed by atoms with van der Waals surface area (Å²) in [5.41, 5.74) is 1.21. The number of Topliss-reactive ketones (excluding diaryl/α,β-unsaturated/α-hetero) is 1. The number of hydrogen-bond donors (Lipinski definition) is 0. The van der Waals surface area contributed by atoms with Crippen LogP contribution in [0.4, 0.5) is 0 Å². The number of ether oxygens (including phenoxy) is 1. The average Bonchev–Trinajstić information content (AvgIpc) is 2.35. The second-order valence-corrected chi connectivity index (χ2v) is 4.33. The lowest BCUT2D eigenvalue weighted by Gasteiger charge is -2.30. The van der Waals surface area contributed by atoms with Gasteiger partial charge in [0, 0.05) is 12.2 Å². The largest absolute Gasteiger partial charge is 0.367 e. The predicted octanol–water partition coefficient (Wildman–Crippen LogP) is 3.77. The summed E-state index contributed by atoms with van der Waals surface area (Å²) in [7, 11) is 0. The van der Waals surface area contributed by atoms with Gasteiger partial charge >= 0.3 is 0 Å². The number of carbonyl (C=O) groups excluding carboxylic acids is 1. The van der Waals surface area contributed by atoms with Crippen molar-refractivity contribution < 1.29 is 9.53 Å². The van der Waals surface area contributed by atoms with Crippen LogP contribution in [0.5, 0.6) is 0 Å². The smallest absolute Gasteiger partial charge is 0.194 e. The Bertz CT molecular complexity index is 378. The van der Waals surface area contributed by atoms with Crippen LogP contribution in [-0.4, -0.2) is 18.0 Å². The Labute approximate surface area is 104 Å². The van der Waals surface area contributed by atoms with Gasteiger partial charge in [0.05, 0.1) is 0 Å². The average molecular weight is 234 g/mol. The summed E-state index contributed by atoms with van der Waals surface area (Å²) >= 11 is 0. The van der Waals surface area contributed by atoms with E-state index in [0.29, 0.717) is 19.4 Å². The van der Waals surface area contributed by atoms with Crippen molar-refractivity contribution >= 4 is 5.78 Å². The number of hydrogen-bond acceptors (Lipinski definition) is 2. The van der Waals surface area contributed by atoms with Crippen molar-refractivity contribution in [2.24, 2.45) is 0 Å². The Hall–Kier alpha value is -1.15. The third-order valence-electron chi connectivity index (χ3n) is 3.26. The van der Waals surface area contributed by atoms with Gasteiger partial charge in [0.15, 0.2) is 5.78 Å². The highest BCUT2D eigenvalue weighted by atomic mass is 16.5. The minimum absolute atomic E-state index is 0.105. The quantitative estimate of drug-likeness (QED) is 0.700. The van der Waals surface area contributed by atoms with Gasteiger partial charge in [0.25, 0.3) is 0 Å². The predicted molar refractivity (Wildman–Crippen MR) is 70.4 cm³/mol. The van der Waals surface area contributed by atoms with Crippen LogP contribution < -0.4 is 0 Å². The lowest BCUT2D eigenvalue weighted by atomic mass is 9.87. The molecule has 0 aliphatic carbocycles. The standard InChI is InChI=1S/C15H22O2/c1-5-15(6-2,17-7-3)14(16)13-10-8-9-12(4)11-13/h8-11H,5-7H2,1-4H3. The minimum atomic E-state index is -0.650. The van der Waals surface area contributed by atoms with Crippen LogP contribution in [0.2, 0.25) is 0 Å². The van der Waals surface area contributed by atoms with Crippen LogP contribution in [0.25, 0.3) is 0 Å². The van der Waals surface area contributed by atoms with E-state index in [1.807, 2.05) is 52.0 Å². The monoisotopic (exact) mass is 234 g/mol. The molecule has 0 atom stereocenters. The third kappa shape index (κ3) is 2.95. The molecule has 0 radical (unpaired) electrons. The molecule has 0 heterocycles. The number of rotatable bonds is 6. The molecule has 0 saturated heterocycles. The fourth-order valence-corrected chi connectivity index (χ4v) is 2.17. The molecule has 2 heteroatoms. The first-order chi connectivity index (χ1) is 8.09. The first-order valence-electron chi connectivity index (χ1n) is 6.35. The van der Waals surface area contributed by atoms with Gasteiger partial charge in [-0.15, -0.1) is 0 Å². The fourth-order valence-electron chi connectivity index (χ4n) is 2.17. The lowest BCUT2D eigenvalue weighted by molar-refractivity contribution is -0.0250. The van der Waals surface area contributed by atoms with Gasteiger partial charge in [-0.3, -0.25) is 4.79 Å². The summed E-state index contributed by atoms with van der Waals surface area (Å²) in [5, 5.41) is 0. The van der Waals surface area contributed by atoms with Crippen LogP contribution in [0.3, 0.4) is 0 Å². The second-order valence-electron chi connectivity index (χ2n) is 4.33. The highest BCUT2D eigenvalue weighted by molar-refractivity contribution is 6.02. The van der Waals surface area contributed by atoms with Crippen LogP contribution in [0.15, 0.2) is 24.3 Å². The zero-order valence-corrected chi connectivity index (χ0v) is 11.2. The van der Waals surface area contributed by atoms with E-state index in [2.05, 4.69) is 0 Å². The lowest BCUT2D eigenvalue weighted by Crippen LogP contribution is -2.40. The van der Waals surface area contributed by atoms with Crippen molar-refractivity contribution in [2.75, 3.05) is 6.61 Å². The summed E-state index contributed by atoms with van der Waals surface area (Å²) in [6, 6.07) is 7.72. The summed E-state index contributed by atoms with van der Waals surface area (Å²) in [6.07, 6.45) is 1.42. The van der Waals surface area contributed by atoms with Gasteiger partial charge in [-0.1, -0.05) is 37.6 Å². The normalized spacial score (nSPS) is 11.5. The first kappa shape index (κ1) is 13.9. The van der Waals surface area contributed by atoms with Crippen molar-refractivity contribution in [3.8, 4) is 0 Å². The molecule has 0 saturated carbocycles. The van der Waals surface area contributed by atoms with E-state index in [-0.39, 0.29) is 5.78 Å². The van der Waals surface area contributed by atoms with E-state index in [1.165, 1.54) is 0 Å². The topological polar surface area (TPSA) is 26.3 Å². The maximum Gasteiger partial charge on any atom is 0.194 e. The molecule has 0 bridgehead atoms. The Kier molecular flexibility index (Phi) is 4.88. The van der Waals surface area contributed by atoms with E-state index in [4.69, 9.17) is 4.74 Å². The minimum Gasteiger partial charge on any atom is -0.367 e. The van der Waals surface area contributed by atoms with Gasteiger partial charge in [-0.25, -0.2) is 0 Å². The van der Waals surface area contributed by atoms with Crippen molar-refractivity contribution in [3.63, 3.8) is 0 Å². The molecule has 2 nitrogen and oxygen atoms in total. The summed E-state index contributed by atoms with van der Waals surface area (Å²) in [6.45, 7) is 8.51. The van der Waals surface area contributed by atoms with Crippen LogP contribution in [-0.2, 0) is 4.74 Å². The van der Waals surface area contributed by atoms with Gasteiger partial charge in [0.2, 0.25) is 0 Å². The highest BCUT2D eigenvalue weighted by Crippen LogP contribution is 2.26. The fraction of sp³-hybridized carbons (Fsp3) is 0.533. The van der Waals surface area contributed by atoms with Crippen LogP contribution in [0, 0.1) is 6.92 Å². The Morgan fingerprint density at radius 2 is 1.88 bits per heavy atom. The number of benzene rings is 1. The SMILES string of the molecule is CCOC(CC)(CC)C(=O)c1cccc(C)c1. The van der Waals surface area contributed by atoms with Gasteiger partial charge in [-0.05, 0) is 32.8 Å². The van der Waals surface area contributed by atoms with Crippen LogP contribution >= 0.6 is 0 Å². The molecule has 1 aromatic carbocycles. The second kappa shape index (κ2) is 5.97. The molecule has 94 valence electrons. The molecule has 17 heavy (non-hydrogen) atoms. The first-order valence-corrected chi connectivity index (χ1v) is 6.35. The number of aryl methyl sites for hydroxylation is 1. The van der Waals surface area contributed by atoms with Crippen molar-refractivity contribution in [1.82, 2.24) is 0 Å². The Morgan fingerprint density at radius 1 is 1.24 bits per heavy atom. The number of carbonyl (C=O) groups is 1. The van der Waals surface area contributed by atoms with E-state index in [1.54, 1.807) is 0 Å². The molecular formula is C15H22O2. The molecule has 0 N–H and O–H groups in total. The summed E-state index contributed by atoms with van der Waals surface area (Å²) < 4.78 is 5.73. The zero-order chi connectivity index (χ0) is 12.9. The number of ketones is 1. The van der Waals surface area contributed by atoms with E-state index >= 15 is 0 Å². The Morgan fingerprint density at radius 3 is 2.35 bits per heavy atom. The summed E-state index contributed by atoms with van der Waals surface area (Å²) in [5.74, 6) is 0.105. The van der Waals surface area contributed by atoms with E-state index in [0.717, 1.165) is 11.1 Å². The molecule has 0 spiro atoms. The van der Waals surface area contributed by atoms with Crippen molar-refractivity contribution in [1.29, 1.82) is 0 Å². The van der Waals surface area contributed by atoms with Crippen molar-refractivity contribution in [2.45, 2.75) is 46.1 Å². The van der Waals surface area contributed by atoms with Gasteiger partial charge in [0.1, 0.15) is 5.60 Å². The molecule has 1 rings (SSSR count).